The summed E-state index contributed by atoms with van der Waals surface area (Å²) in [5.74, 6) is -1.96. The molecule has 5 heteroatoms. The number of piperidine rings is 1. The van der Waals surface area contributed by atoms with Crippen molar-refractivity contribution in [1.29, 1.82) is 0 Å². The Morgan fingerprint density at radius 2 is 1.74 bits per heavy atom. The molecule has 0 spiro atoms. The first-order valence-corrected chi connectivity index (χ1v) is 6.78. The van der Waals surface area contributed by atoms with E-state index >= 15 is 0 Å². The van der Waals surface area contributed by atoms with Crippen molar-refractivity contribution in [1.82, 2.24) is 4.90 Å². The van der Waals surface area contributed by atoms with Crippen molar-refractivity contribution in [3.8, 4) is 0 Å². The Hall–Kier alpha value is -1.10. The first-order valence-electron chi connectivity index (χ1n) is 6.78. The van der Waals surface area contributed by atoms with E-state index in [9.17, 15) is 14.7 Å². The van der Waals surface area contributed by atoms with Crippen LogP contribution in [0.2, 0.25) is 0 Å². The first kappa shape index (κ1) is 14.3. The topological polar surface area (TPSA) is 77.8 Å². The minimum absolute atomic E-state index is 0.0719. The molecule has 0 aromatic carbocycles. The summed E-state index contributed by atoms with van der Waals surface area (Å²) in [6.45, 7) is 8.54. The van der Waals surface area contributed by atoms with Gasteiger partial charge in [-0.1, -0.05) is 27.7 Å². The lowest BCUT2D eigenvalue weighted by Crippen LogP contribution is -2.51. The second-order valence-corrected chi connectivity index (χ2v) is 7.17. The zero-order valence-corrected chi connectivity index (χ0v) is 12.0. The molecule has 2 N–H and O–H groups in total. The van der Waals surface area contributed by atoms with Gasteiger partial charge in [0.2, 0.25) is 5.91 Å². The number of hydrogen-bond donors (Lipinski definition) is 2. The maximum atomic E-state index is 12.5. The average Bonchev–Trinajstić information content (AvgIpc) is 2.84. The van der Waals surface area contributed by atoms with Gasteiger partial charge in [-0.05, 0) is 11.8 Å². The highest BCUT2D eigenvalue weighted by atomic mass is 16.4. The number of carboxylic acid groups (broad SMARTS) is 1. The Balaban J connectivity index is 2.08. The highest BCUT2D eigenvalue weighted by Crippen LogP contribution is 2.59. The van der Waals surface area contributed by atoms with Crippen molar-refractivity contribution in [3.63, 3.8) is 0 Å². The van der Waals surface area contributed by atoms with Crippen molar-refractivity contribution in [2.75, 3.05) is 13.1 Å². The van der Waals surface area contributed by atoms with Crippen LogP contribution in [-0.4, -0.2) is 46.2 Å². The fraction of sp³-hybridized carbons (Fsp3) is 0.857. The summed E-state index contributed by atoms with van der Waals surface area (Å²) in [5.41, 5.74) is -0.783. The van der Waals surface area contributed by atoms with Crippen LogP contribution in [0.1, 0.15) is 34.1 Å². The number of carboxylic acids is 1. The van der Waals surface area contributed by atoms with E-state index in [1.807, 2.05) is 27.7 Å². The van der Waals surface area contributed by atoms with Gasteiger partial charge in [0.1, 0.15) is 0 Å². The number of nitrogens with zero attached hydrogens (tertiary/aromatic N) is 1. The zero-order valence-electron chi connectivity index (χ0n) is 12.0. The van der Waals surface area contributed by atoms with Crippen LogP contribution in [0.15, 0.2) is 0 Å². The smallest absolute Gasteiger partial charge is 0.307 e. The monoisotopic (exact) mass is 269 g/mol. The SMILES string of the molecule is CC1(C)CN(C(=O)[C@H]2[C@@H](C(=O)O)C2(C)C)CCC1O. The summed E-state index contributed by atoms with van der Waals surface area (Å²) in [6.07, 6.45) is 0.155. The van der Waals surface area contributed by atoms with E-state index < -0.39 is 29.3 Å². The van der Waals surface area contributed by atoms with E-state index in [1.165, 1.54) is 0 Å². The molecule has 1 unspecified atom stereocenters. The number of aliphatic carboxylic acids is 1. The lowest BCUT2D eigenvalue weighted by molar-refractivity contribution is -0.144. The van der Waals surface area contributed by atoms with E-state index in [2.05, 4.69) is 0 Å². The third kappa shape index (κ3) is 2.24. The van der Waals surface area contributed by atoms with E-state index in [0.29, 0.717) is 19.5 Å². The Labute approximate surface area is 113 Å². The summed E-state index contributed by atoms with van der Waals surface area (Å²) < 4.78 is 0. The van der Waals surface area contributed by atoms with Crippen molar-refractivity contribution in [3.05, 3.63) is 0 Å². The summed E-state index contributed by atoms with van der Waals surface area (Å²) in [4.78, 5) is 25.3. The van der Waals surface area contributed by atoms with Crippen LogP contribution in [0.3, 0.4) is 0 Å². The third-order valence-corrected chi connectivity index (χ3v) is 4.84. The van der Waals surface area contributed by atoms with E-state index in [1.54, 1.807) is 4.90 Å². The number of amides is 1. The molecule has 2 rings (SSSR count). The molecule has 1 amide bonds. The largest absolute Gasteiger partial charge is 0.481 e. The van der Waals surface area contributed by atoms with Gasteiger partial charge in [0.15, 0.2) is 0 Å². The van der Waals surface area contributed by atoms with Crippen LogP contribution in [0.25, 0.3) is 0 Å². The van der Waals surface area contributed by atoms with Crippen LogP contribution in [0.4, 0.5) is 0 Å². The molecule has 0 radical (unpaired) electrons. The molecule has 1 heterocycles. The van der Waals surface area contributed by atoms with E-state index in [-0.39, 0.29) is 11.3 Å². The van der Waals surface area contributed by atoms with Crippen molar-refractivity contribution in [2.24, 2.45) is 22.7 Å². The molecule has 1 aliphatic carbocycles. The van der Waals surface area contributed by atoms with Gasteiger partial charge >= 0.3 is 5.97 Å². The molecule has 1 aliphatic heterocycles. The van der Waals surface area contributed by atoms with Gasteiger partial charge < -0.3 is 15.1 Å². The first-order chi connectivity index (χ1) is 8.59. The Kier molecular flexibility index (Phi) is 3.16. The predicted octanol–water partition coefficient (Wildman–Crippen LogP) is 0.963. The summed E-state index contributed by atoms with van der Waals surface area (Å²) in [6, 6.07) is 0. The molecule has 19 heavy (non-hydrogen) atoms. The second-order valence-electron chi connectivity index (χ2n) is 7.17. The minimum atomic E-state index is -0.889. The Bertz CT molecular complexity index is 416. The van der Waals surface area contributed by atoms with Crippen molar-refractivity contribution >= 4 is 11.9 Å². The van der Waals surface area contributed by atoms with Crippen LogP contribution in [0, 0.1) is 22.7 Å². The fourth-order valence-corrected chi connectivity index (χ4v) is 3.29. The van der Waals surface area contributed by atoms with Gasteiger partial charge in [0.25, 0.3) is 0 Å². The molecule has 1 saturated carbocycles. The number of aliphatic hydroxyl groups is 1. The minimum Gasteiger partial charge on any atom is -0.481 e. The van der Waals surface area contributed by atoms with Gasteiger partial charge in [0, 0.05) is 18.5 Å². The highest BCUT2D eigenvalue weighted by Gasteiger charge is 2.66. The number of carbonyl (C=O) groups excluding carboxylic acids is 1. The highest BCUT2D eigenvalue weighted by molar-refractivity contribution is 5.91. The molecule has 0 bridgehead atoms. The molecule has 2 fully saturated rings. The predicted molar refractivity (Wildman–Crippen MR) is 69.4 cm³/mol. The number of hydrogen-bond acceptors (Lipinski definition) is 3. The molecule has 0 aromatic heterocycles. The van der Waals surface area contributed by atoms with Crippen molar-refractivity contribution < 1.29 is 19.8 Å². The maximum absolute atomic E-state index is 12.5. The Morgan fingerprint density at radius 3 is 2.16 bits per heavy atom. The fourth-order valence-electron chi connectivity index (χ4n) is 3.29. The van der Waals surface area contributed by atoms with Gasteiger partial charge in [-0.15, -0.1) is 0 Å². The van der Waals surface area contributed by atoms with Gasteiger partial charge in [-0.2, -0.15) is 0 Å². The van der Waals surface area contributed by atoms with E-state index in [4.69, 9.17) is 5.11 Å². The van der Waals surface area contributed by atoms with E-state index in [0.717, 1.165) is 0 Å². The Morgan fingerprint density at radius 1 is 1.16 bits per heavy atom. The molecule has 1 saturated heterocycles. The molecule has 108 valence electrons. The van der Waals surface area contributed by atoms with Gasteiger partial charge in [-0.3, -0.25) is 9.59 Å². The van der Waals surface area contributed by atoms with Crippen LogP contribution in [0.5, 0.6) is 0 Å². The average molecular weight is 269 g/mol. The summed E-state index contributed by atoms with van der Waals surface area (Å²) >= 11 is 0. The summed E-state index contributed by atoms with van der Waals surface area (Å²) in [5, 5.41) is 19.0. The lowest BCUT2D eigenvalue weighted by Gasteiger charge is -2.42. The molecule has 2 aliphatic rings. The normalized spacial score (nSPS) is 35.8. The number of aliphatic hydroxyl groups excluding tert-OH is 1. The number of carbonyl (C=O) groups is 2. The number of rotatable bonds is 2. The van der Waals surface area contributed by atoms with Gasteiger partial charge in [0.05, 0.1) is 17.9 Å². The second kappa shape index (κ2) is 4.20. The zero-order chi connectivity index (χ0) is 14.6. The lowest BCUT2D eigenvalue weighted by atomic mass is 9.81. The van der Waals surface area contributed by atoms with Crippen LogP contribution >= 0.6 is 0 Å². The quantitative estimate of drug-likeness (QED) is 0.783. The number of likely N-dealkylation sites (tertiary alicyclic amines) is 1. The van der Waals surface area contributed by atoms with Gasteiger partial charge in [-0.25, -0.2) is 0 Å². The molecule has 3 atom stereocenters. The van der Waals surface area contributed by atoms with Crippen LogP contribution < -0.4 is 0 Å². The maximum Gasteiger partial charge on any atom is 0.307 e. The standard InChI is InChI=1S/C14H23NO4/c1-13(2)7-15(6-5-8(13)16)11(17)9-10(12(18)19)14(9,3)4/h8-10,16H,5-7H2,1-4H3,(H,18,19)/t8?,9-,10+/m1/s1. The molecular weight excluding hydrogens is 246 g/mol. The van der Waals surface area contributed by atoms with Crippen molar-refractivity contribution in [2.45, 2.75) is 40.2 Å². The summed E-state index contributed by atoms with van der Waals surface area (Å²) in [7, 11) is 0. The van der Waals surface area contributed by atoms with Crippen LogP contribution in [-0.2, 0) is 9.59 Å². The molecule has 5 nitrogen and oxygen atoms in total. The third-order valence-electron chi connectivity index (χ3n) is 4.84. The molecule has 0 aromatic rings. The molecular formula is C14H23NO4.